The van der Waals surface area contributed by atoms with E-state index in [9.17, 15) is 4.79 Å². The number of thiophene rings is 1. The van der Waals surface area contributed by atoms with E-state index in [1.807, 2.05) is 12.1 Å². The lowest BCUT2D eigenvalue weighted by molar-refractivity contribution is 0.0697. The van der Waals surface area contributed by atoms with Gasteiger partial charge in [0.1, 0.15) is 5.75 Å². The molecule has 1 aliphatic carbocycles. The average molecular weight is 341 g/mol. The lowest BCUT2D eigenvalue weighted by Gasteiger charge is -2.10. The summed E-state index contributed by atoms with van der Waals surface area (Å²) in [5.74, 6) is -0.0253. The van der Waals surface area contributed by atoms with Gasteiger partial charge in [-0.3, -0.25) is 0 Å². The van der Waals surface area contributed by atoms with Crippen LogP contribution in [0.25, 0.3) is 10.9 Å². The van der Waals surface area contributed by atoms with Crippen LogP contribution in [0.4, 0.5) is 0 Å². The van der Waals surface area contributed by atoms with Gasteiger partial charge >= 0.3 is 5.97 Å². The number of methoxy groups -OCH3 is 1. The van der Waals surface area contributed by atoms with Crippen LogP contribution in [0.3, 0.4) is 0 Å². The van der Waals surface area contributed by atoms with Gasteiger partial charge in [0.15, 0.2) is 0 Å². The fourth-order valence-corrected chi connectivity index (χ4v) is 4.13. The molecule has 2 heterocycles. The fourth-order valence-electron chi connectivity index (χ4n) is 3.26. The number of ether oxygens (including phenoxy) is 1. The molecule has 1 aliphatic rings. The summed E-state index contributed by atoms with van der Waals surface area (Å²) in [6.45, 7) is 2.29. The maximum absolute atomic E-state index is 11.1. The Labute approximate surface area is 144 Å². The van der Waals surface area contributed by atoms with Crippen molar-refractivity contribution in [3.05, 3.63) is 51.3 Å². The zero-order chi connectivity index (χ0) is 16.9. The summed E-state index contributed by atoms with van der Waals surface area (Å²) in [7, 11) is 1.67. The van der Waals surface area contributed by atoms with Crippen molar-refractivity contribution in [2.45, 2.75) is 31.6 Å². The van der Waals surface area contributed by atoms with Crippen molar-refractivity contribution in [2.75, 3.05) is 7.11 Å². The molecule has 1 aromatic carbocycles. The number of carbonyl (C=O) groups is 1. The minimum absolute atomic E-state index is 0.217. The summed E-state index contributed by atoms with van der Waals surface area (Å²) in [5.41, 5.74) is 4.25. The summed E-state index contributed by atoms with van der Waals surface area (Å²) in [6.07, 6.45) is 3.14. The van der Waals surface area contributed by atoms with Crippen LogP contribution in [0.1, 0.15) is 46.3 Å². The predicted molar refractivity (Wildman–Crippen MR) is 95.5 cm³/mol. The summed E-state index contributed by atoms with van der Waals surface area (Å²) in [5, 5.41) is 12.0. The van der Waals surface area contributed by atoms with Crippen molar-refractivity contribution >= 4 is 28.2 Å². The Bertz CT molecular complexity index is 933. The number of carboxylic acids is 1. The quantitative estimate of drug-likeness (QED) is 0.714. The molecule has 3 aromatic rings. The number of aromatic amines is 1. The van der Waals surface area contributed by atoms with E-state index >= 15 is 0 Å². The topological polar surface area (TPSA) is 62.3 Å². The number of fused-ring (bicyclic) bond motifs is 1. The van der Waals surface area contributed by atoms with Gasteiger partial charge in [-0.1, -0.05) is 6.92 Å². The van der Waals surface area contributed by atoms with E-state index < -0.39 is 5.97 Å². The van der Waals surface area contributed by atoms with Gasteiger partial charge in [0, 0.05) is 44.8 Å². The SMILES string of the molecule is COc1ccc2c(Cc3cc(C(=O)O)cs3)c(C3(C)CC3)[nH]c2c1. The largest absolute Gasteiger partial charge is 0.497 e. The number of aromatic nitrogens is 1. The molecule has 1 fully saturated rings. The molecule has 1 saturated carbocycles. The molecule has 0 atom stereocenters. The van der Waals surface area contributed by atoms with Crippen LogP contribution in [0.5, 0.6) is 5.75 Å². The molecule has 0 saturated heterocycles. The number of hydrogen-bond acceptors (Lipinski definition) is 3. The van der Waals surface area contributed by atoms with E-state index in [0.29, 0.717) is 5.56 Å². The highest BCUT2D eigenvalue weighted by Crippen LogP contribution is 2.50. The van der Waals surface area contributed by atoms with E-state index in [1.165, 1.54) is 40.8 Å². The Morgan fingerprint density at radius 1 is 1.38 bits per heavy atom. The second-order valence-electron chi connectivity index (χ2n) is 6.73. The lowest BCUT2D eigenvalue weighted by atomic mass is 9.97. The first-order valence-corrected chi connectivity index (χ1v) is 8.88. The third-order valence-electron chi connectivity index (χ3n) is 4.97. The first-order chi connectivity index (χ1) is 11.5. The standard InChI is InChI=1S/C19H19NO3S/c1-19(5-6-19)17-15(9-13-7-11(10-24-13)18(21)22)14-4-3-12(23-2)8-16(14)20-17/h3-4,7-8,10,20H,5-6,9H2,1-2H3,(H,21,22). The summed E-state index contributed by atoms with van der Waals surface area (Å²) >= 11 is 1.51. The van der Waals surface area contributed by atoms with E-state index in [-0.39, 0.29) is 5.41 Å². The van der Waals surface area contributed by atoms with Crippen LogP contribution >= 0.6 is 11.3 Å². The van der Waals surface area contributed by atoms with E-state index in [4.69, 9.17) is 9.84 Å². The molecule has 0 bridgehead atoms. The Balaban J connectivity index is 1.81. The number of H-pyrrole nitrogens is 1. The van der Waals surface area contributed by atoms with Gasteiger partial charge in [-0.2, -0.15) is 0 Å². The number of aromatic carboxylic acids is 1. The van der Waals surface area contributed by atoms with Gasteiger partial charge in [0.2, 0.25) is 0 Å². The minimum Gasteiger partial charge on any atom is -0.497 e. The van der Waals surface area contributed by atoms with Gasteiger partial charge < -0.3 is 14.8 Å². The Morgan fingerprint density at radius 3 is 2.79 bits per heavy atom. The van der Waals surface area contributed by atoms with Gasteiger partial charge in [0.25, 0.3) is 0 Å². The zero-order valence-corrected chi connectivity index (χ0v) is 14.5. The van der Waals surface area contributed by atoms with Crippen LogP contribution in [0.2, 0.25) is 0 Å². The highest BCUT2D eigenvalue weighted by atomic mass is 32.1. The van der Waals surface area contributed by atoms with Gasteiger partial charge in [-0.05, 0) is 36.6 Å². The average Bonchev–Trinajstić information content (AvgIpc) is 3.00. The molecular formula is C19H19NO3S. The van der Waals surface area contributed by atoms with E-state index in [1.54, 1.807) is 18.6 Å². The molecule has 24 heavy (non-hydrogen) atoms. The van der Waals surface area contributed by atoms with Crippen molar-refractivity contribution in [2.24, 2.45) is 0 Å². The fraction of sp³-hybridized carbons (Fsp3) is 0.316. The molecule has 4 rings (SSSR count). The molecule has 2 aromatic heterocycles. The third kappa shape index (κ3) is 2.49. The van der Waals surface area contributed by atoms with E-state index in [0.717, 1.165) is 22.6 Å². The number of benzene rings is 1. The molecular weight excluding hydrogens is 322 g/mol. The second-order valence-corrected chi connectivity index (χ2v) is 7.73. The first-order valence-electron chi connectivity index (χ1n) is 8.00. The Morgan fingerprint density at radius 2 is 2.17 bits per heavy atom. The molecule has 124 valence electrons. The molecule has 0 spiro atoms. The second kappa shape index (κ2) is 5.38. The summed E-state index contributed by atoms with van der Waals surface area (Å²) in [4.78, 5) is 15.8. The number of rotatable bonds is 5. The number of nitrogens with one attached hydrogen (secondary N) is 1. The van der Waals surface area contributed by atoms with Gasteiger partial charge in [0.05, 0.1) is 12.7 Å². The van der Waals surface area contributed by atoms with Crippen molar-refractivity contribution < 1.29 is 14.6 Å². The Kier molecular flexibility index (Phi) is 3.42. The van der Waals surface area contributed by atoms with Crippen molar-refractivity contribution in [3.63, 3.8) is 0 Å². The third-order valence-corrected chi connectivity index (χ3v) is 5.91. The molecule has 4 nitrogen and oxygen atoms in total. The minimum atomic E-state index is -0.865. The monoisotopic (exact) mass is 341 g/mol. The van der Waals surface area contributed by atoms with Crippen LogP contribution in [0.15, 0.2) is 29.6 Å². The number of carboxylic acid groups (broad SMARTS) is 1. The van der Waals surface area contributed by atoms with Crippen LogP contribution in [0, 0.1) is 0 Å². The van der Waals surface area contributed by atoms with Crippen molar-refractivity contribution in [1.29, 1.82) is 0 Å². The molecule has 0 unspecified atom stereocenters. The van der Waals surface area contributed by atoms with Crippen molar-refractivity contribution in [1.82, 2.24) is 4.98 Å². The van der Waals surface area contributed by atoms with E-state index in [2.05, 4.69) is 18.0 Å². The predicted octanol–water partition coefficient (Wildman–Crippen LogP) is 4.58. The summed E-state index contributed by atoms with van der Waals surface area (Å²) in [6, 6.07) is 7.90. The maximum Gasteiger partial charge on any atom is 0.336 e. The highest BCUT2D eigenvalue weighted by Gasteiger charge is 2.42. The normalized spacial score (nSPS) is 15.6. The van der Waals surface area contributed by atoms with Gasteiger partial charge in [-0.15, -0.1) is 11.3 Å². The zero-order valence-electron chi connectivity index (χ0n) is 13.7. The molecule has 5 heteroatoms. The van der Waals surface area contributed by atoms with Crippen LogP contribution < -0.4 is 4.74 Å². The highest BCUT2D eigenvalue weighted by molar-refractivity contribution is 7.10. The van der Waals surface area contributed by atoms with Crippen LogP contribution in [-0.4, -0.2) is 23.2 Å². The molecule has 0 aliphatic heterocycles. The Hall–Kier alpha value is -2.27. The smallest absolute Gasteiger partial charge is 0.336 e. The summed E-state index contributed by atoms with van der Waals surface area (Å²) < 4.78 is 5.34. The molecule has 0 amide bonds. The van der Waals surface area contributed by atoms with Crippen LogP contribution in [-0.2, 0) is 11.8 Å². The van der Waals surface area contributed by atoms with Crippen molar-refractivity contribution in [3.8, 4) is 5.75 Å². The first kappa shape index (κ1) is 15.3. The maximum atomic E-state index is 11.1. The number of hydrogen-bond donors (Lipinski definition) is 2. The molecule has 0 radical (unpaired) electrons. The molecule has 2 N–H and O–H groups in total. The lowest BCUT2D eigenvalue weighted by Crippen LogP contribution is -2.04. The van der Waals surface area contributed by atoms with Gasteiger partial charge in [-0.25, -0.2) is 4.79 Å².